The third-order valence-corrected chi connectivity index (χ3v) is 2.66. The molecule has 2 rings (SSSR count). The number of hydrogen-bond acceptors (Lipinski definition) is 4. The van der Waals surface area contributed by atoms with E-state index in [0.717, 1.165) is 24.4 Å². The van der Waals surface area contributed by atoms with Gasteiger partial charge in [0.25, 0.3) is 0 Å². The van der Waals surface area contributed by atoms with Crippen LogP contribution in [0.1, 0.15) is 13.3 Å². The highest BCUT2D eigenvalue weighted by Crippen LogP contribution is 2.08. The standard InChI is InChI=1S/C12H19N5/c1-10(5-8-16(2)3)14-11-6-9-17-12(15-11)4-7-13-17/h4,6-7,9-10H,5,8H2,1-3H3,(H,14,15). The van der Waals surface area contributed by atoms with E-state index in [1.54, 1.807) is 10.7 Å². The van der Waals surface area contributed by atoms with Crippen LogP contribution in [0.25, 0.3) is 5.65 Å². The zero-order valence-electron chi connectivity index (χ0n) is 10.6. The molecule has 0 aliphatic carbocycles. The van der Waals surface area contributed by atoms with Crippen LogP contribution in [0.5, 0.6) is 0 Å². The molecule has 0 aliphatic rings. The van der Waals surface area contributed by atoms with Gasteiger partial charge in [-0.2, -0.15) is 5.10 Å². The van der Waals surface area contributed by atoms with Gasteiger partial charge in [0.2, 0.25) is 0 Å². The van der Waals surface area contributed by atoms with E-state index in [0.29, 0.717) is 6.04 Å². The first kappa shape index (κ1) is 11.9. The lowest BCUT2D eigenvalue weighted by Crippen LogP contribution is -2.23. The predicted octanol–water partition coefficient (Wildman–Crippen LogP) is 1.48. The Balaban J connectivity index is 1.97. The maximum Gasteiger partial charge on any atom is 0.157 e. The third kappa shape index (κ3) is 3.17. The van der Waals surface area contributed by atoms with Gasteiger partial charge in [-0.05, 0) is 40.1 Å². The molecule has 0 spiro atoms. The second-order valence-corrected chi connectivity index (χ2v) is 4.58. The lowest BCUT2D eigenvalue weighted by molar-refractivity contribution is 0.390. The van der Waals surface area contributed by atoms with Crippen molar-refractivity contribution in [1.82, 2.24) is 19.5 Å². The Bertz CT molecular complexity index is 476. The summed E-state index contributed by atoms with van der Waals surface area (Å²) in [6.45, 7) is 3.24. The van der Waals surface area contributed by atoms with E-state index in [-0.39, 0.29) is 0 Å². The summed E-state index contributed by atoms with van der Waals surface area (Å²) in [7, 11) is 4.17. The molecule has 0 amide bonds. The fourth-order valence-electron chi connectivity index (χ4n) is 1.67. The minimum absolute atomic E-state index is 0.412. The Morgan fingerprint density at radius 1 is 1.41 bits per heavy atom. The normalized spacial score (nSPS) is 13.2. The van der Waals surface area contributed by atoms with Crippen LogP contribution >= 0.6 is 0 Å². The average Bonchev–Trinajstić information content (AvgIpc) is 2.73. The second-order valence-electron chi connectivity index (χ2n) is 4.58. The quantitative estimate of drug-likeness (QED) is 0.849. The van der Waals surface area contributed by atoms with E-state index in [9.17, 15) is 0 Å². The molecule has 1 unspecified atom stereocenters. The van der Waals surface area contributed by atoms with E-state index in [2.05, 4.69) is 41.3 Å². The number of rotatable bonds is 5. The first-order chi connectivity index (χ1) is 8.15. The Morgan fingerprint density at radius 3 is 3.00 bits per heavy atom. The molecule has 2 aromatic heterocycles. The number of hydrogen-bond donors (Lipinski definition) is 1. The summed E-state index contributed by atoms with van der Waals surface area (Å²) in [5, 5.41) is 7.52. The van der Waals surface area contributed by atoms with Crippen LogP contribution in [0, 0.1) is 0 Å². The van der Waals surface area contributed by atoms with Crippen LogP contribution in [0.3, 0.4) is 0 Å². The lowest BCUT2D eigenvalue weighted by atomic mass is 10.2. The van der Waals surface area contributed by atoms with Gasteiger partial charge < -0.3 is 10.2 Å². The average molecular weight is 233 g/mol. The molecular formula is C12H19N5. The van der Waals surface area contributed by atoms with Gasteiger partial charge in [0.15, 0.2) is 5.65 Å². The van der Waals surface area contributed by atoms with Crippen LogP contribution in [-0.4, -0.2) is 46.2 Å². The largest absolute Gasteiger partial charge is 0.367 e. The number of fused-ring (bicyclic) bond motifs is 1. The van der Waals surface area contributed by atoms with Crippen LogP contribution < -0.4 is 5.32 Å². The van der Waals surface area contributed by atoms with E-state index >= 15 is 0 Å². The van der Waals surface area contributed by atoms with Crippen LogP contribution in [0.2, 0.25) is 0 Å². The van der Waals surface area contributed by atoms with Crippen molar-refractivity contribution in [3.63, 3.8) is 0 Å². The summed E-state index contributed by atoms with van der Waals surface area (Å²) >= 11 is 0. The molecule has 2 heterocycles. The van der Waals surface area contributed by atoms with E-state index in [1.165, 1.54) is 0 Å². The molecule has 0 aromatic carbocycles. The molecule has 0 bridgehead atoms. The summed E-state index contributed by atoms with van der Waals surface area (Å²) < 4.78 is 1.76. The van der Waals surface area contributed by atoms with E-state index < -0.39 is 0 Å². The smallest absolute Gasteiger partial charge is 0.157 e. The summed E-state index contributed by atoms with van der Waals surface area (Å²) in [6.07, 6.45) is 4.77. The molecule has 0 radical (unpaired) electrons. The first-order valence-corrected chi connectivity index (χ1v) is 5.87. The molecule has 0 aliphatic heterocycles. The van der Waals surface area contributed by atoms with Gasteiger partial charge in [-0.1, -0.05) is 0 Å². The van der Waals surface area contributed by atoms with Crippen LogP contribution in [0.15, 0.2) is 24.5 Å². The van der Waals surface area contributed by atoms with Crippen molar-refractivity contribution in [1.29, 1.82) is 0 Å². The van der Waals surface area contributed by atoms with E-state index in [1.807, 2.05) is 18.3 Å². The molecule has 2 aromatic rings. The first-order valence-electron chi connectivity index (χ1n) is 5.87. The zero-order valence-corrected chi connectivity index (χ0v) is 10.6. The van der Waals surface area contributed by atoms with Gasteiger partial charge in [0.1, 0.15) is 5.82 Å². The predicted molar refractivity (Wildman–Crippen MR) is 69.2 cm³/mol. The number of aromatic nitrogens is 3. The highest BCUT2D eigenvalue weighted by Gasteiger charge is 2.04. The number of nitrogens with zero attached hydrogens (tertiary/aromatic N) is 4. The molecule has 0 fully saturated rings. The second kappa shape index (κ2) is 5.14. The Hall–Kier alpha value is -1.62. The summed E-state index contributed by atoms with van der Waals surface area (Å²) in [5.41, 5.74) is 0.870. The lowest BCUT2D eigenvalue weighted by Gasteiger charge is -2.17. The fraction of sp³-hybridized carbons (Fsp3) is 0.500. The Kier molecular flexibility index (Phi) is 3.58. The highest BCUT2D eigenvalue weighted by molar-refractivity contribution is 5.45. The van der Waals surface area contributed by atoms with Gasteiger partial charge in [-0.25, -0.2) is 9.50 Å². The topological polar surface area (TPSA) is 45.5 Å². The molecular weight excluding hydrogens is 214 g/mol. The number of nitrogens with one attached hydrogen (secondary N) is 1. The molecule has 1 atom stereocenters. The van der Waals surface area contributed by atoms with Gasteiger partial charge in [-0.3, -0.25) is 0 Å². The zero-order chi connectivity index (χ0) is 12.3. The Morgan fingerprint density at radius 2 is 2.24 bits per heavy atom. The van der Waals surface area contributed by atoms with Crippen molar-refractivity contribution >= 4 is 11.5 Å². The van der Waals surface area contributed by atoms with Crippen LogP contribution in [-0.2, 0) is 0 Å². The maximum atomic E-state index is 4.48. The Labute approximate surface area is 101 Å². The van der Waals surface area contributed by atoms with Crippen molar-refractivity contribution in [2.24, 2.45) is 0 Å². The summed E-state index contributed by atoms with van der Waals surface area (Å²) in [5.74, 6) is 0.907. The van der Waals surface area contributed by atoms with Gasteiger partial charge in [0, 0.05) is 18.3 Å². The summed E-state index contributed by atoms with van der Waals surface area (Å²) in [6, 6.07) is 4.26. The highest BCUT2D eigenvalue weighted by atomic mass is 15.2. The molecule has 0 saturated carbocycles. The van der Waals surface area contributed by atoms with E-state index in [4.69, 9.17) is 0 Å². The molecule has 5 heteroatoms. The van der Waals surface area contributed by atoms with Gasteiger partial charge >= 0.3 is 0 Å². The van der Waals surface area contributed by atoms with Crippen molar-refractivity contribution < 1.29 is 0 Å². The minimum Gasteiger partial charge on any atom is -0.367 e. The molecule has 17 heavy (non-hydrogen) atoms. The number of anilines is 1. The van der Waals surface area contributed by atoms with Crippen molar-refractivity contribution in [2.75, 3.05) is 26.0 Å². The van der Waals surface area contributed by atoms with Crippen molar-refractivity contribution in [3.05, 3.63) is 24.5 Å². The molecule has 5 nitrogen and oxygen atoms in total. The molecule has 1 N–H and O–H groups in total. The van der Waals surface area contributed by atoms with Gasteiger partial charge in [-0.15, -0.1) is 0 Å². The SMILES string of the molecule is CC(CCN(C)C)Nc1ccn2nccc2n1. The fourth-order valence-corrected chi connectivity index (χ4v) is 1.67. The van der Waals surface area contributed by atoms with Crippen LogP contribution in [0.4, 0.5) is 5.82 Å². The monoisotopic (exact) mass is 233 g/mol. The van der Waals surface area contributed by atoms with Gasteiger partial charge in [0.05, 0.1) is 6.20 Å². The molecule has 92 valence electrons. The minimum atomic E-state index is 0.412. The maximum absolute atomic E-state index is 4.48. The third-order valence-electron chi connectivity index (χ3n) is 2.66. The van der Waals surface area contributed by atoms with Crippen molar-refractivity contribution in [2.45, 2.75) is 19.4 Å². The summed E-state index contributed by atoms with van der Waals surface area (Å²) in [4.78, 5) is 6.66. The van der Waals surface area contributed by atoms with Crippen molar-refractivity contribution in [3.8, 4) is 0 Å². The molecule has 0 saturated heterocycles.